The van der Waals surface area contributed by atoms with E-state index in [1.54, 1.807) is 24.3 Å². The number of hydrogen-bond donors (Lipinski definition) is 5. The first-order valence-electron chi connectivity index (χ1n) is 13.5. The molecule has 1 heterocycles. The third kappa shape index (κ3) is 9.99. The highest BCUT2D eigenvalue weighted by Crippen LogP contribution is 2.16. The van der Waals surface area contributed by atoms with Crippen molar-refractivity contribution in [3.8, 4) is 0 Å². The van der Waals surface area contributed by atoms with Gasteiger partial charge in [-0.3, -0.25) is 9.59 Å². The lowest BCUT2D eigenvalue weighted by Gasteiger charge is -2.22. The number of nitrogens with one attached hydrogen (secondary N) is 3. The number of nitrogens with two attached hydrogens (primary N) is 1. The van der Waals surface area contributed by atoms with Crippen molar-refractivity contribution in [3.63, 3.8) is 0 Å². The molecule has 0 spiro atoms. The molecule has 0 aliphatic heterocycles. The molecule has 6 N–H and O–H groups in total. The van der Waals surface area contributed by atoms with Crippen LogP contribution in [0.2, 0.25) is 5.02 Å². The minimum absolute atomic E-state index is 0.0145. The van der Waals surface area contributed by atoms with Crippen LogP contribution in [-0.2, 0) is 49.6 Å². The Morgan fingerprint density at radius 3 is 2.41 bits per heavy atom. The predicted molar refractivity (Wildman–Crippen MR) is 161 cm³/mol. The van der Waals surface area contributed by atoms with Crippen LogP contribution in [0.1, 0.15) is 39.2 Å². The SMILES string of the molecule is COC(=O)c1ccc(CS(=O)(=O)NC(CCc2cccc[n+]2[O-])C(=O)N[C@@H](CO)C(=O)NCc2cc(Cl)ccc2CN)cc1. The van der Waals surface area contributed by atoms with E-state index in [2.05, 4.69) is 20.1 Å². The molecule has 2 atom stereocenters. The Morgan fingerprint density at radius 2 is 1.77 bits per heavy atom. The van der Waals surface area contributed by atoms with E-state index in [0.717, 1.165) is 5.56 Å². The number of carbonyl (C=O) groups excluding carboxylic acids is 3. The molecule has 0 saturated carbocycles. The van der Waals surface area contributed by atoms with Gasteiger partial charge in [0.15, 0.2) is 11.9 Å². The lowest BCUT2D eigenvalue weighted by molar-refractivity contribution is -0.614. The molecule has 3 aromatic rings. The number of methoxy groups -OCH3 is 1. The topological polar surface area (TPSA) is 204 Å². The number of benzene rings is 2. The van der Waals surface area contributed by atoms with Crippen LogP contribution < -0.4 is 25.8 Å². The highest BCUT2D eigenvalue weighted by molar-refractivity contribution is 7.88. The largest absolute Gasteiger partial charge is 0.619 e. The highest BCUT2D eigenvalue weighted by atomic mass is 35.5. The van der Waals surface area contributed by atoms with E-state index in [9.17, 15) is 33.1 Å². The first kappa shape index (κ1) is 34.4. The van der Waals surface area contributed by atoms with Gasteiger partial charge in [-0.05, 0) is 47.4 Å². The van der Waals surface area contributed by atoms with Crippen molar-refractivity contribution in [2.75, 3.05) is 13.7 Å². The van der Waals surface area contributed by atoms with E-state index in [-0.39, 0.29) is 37.2 Å². The number of esters is 1. The molecular weight excluding hydrogens is 614 g/mol. The Labute approximate surface area is 260 Å². The molecule has 2 amide bonds. The zero-order valence-corrected chi connectivity index (χ0v) is 25.4. The standard InChI is InChI=1S/C29H34ClN5O8S/c1-43-29(39)20-7-5-19(6-8-20)18-44(41,42)34-25(12-11-24-4-2-3-13-35(24)40)28(38)33-26(17-36)27(37)32-16-22-14-23(30)10-9-21(22)15-31/h2-10,13-14,25-26,34,36H,11-12,15-18,31H2,1H3,(H,32,37)(H,33,38)/t25?,26-/m0/s1. The van der Waals surface area contributed by atoms with Crippen molar-refractivity contribution in [1.29, 1.82) is 0 Å². The van der Waals surface area contributed by atoms with Crippen molar-refractivity contribution in [2.45, 2.75) is 43.8 Å². The van der Waals surface area contributed by atoms with Gasteiger partial charge in [0, 0.05) is 36.7 Å². The second kappa shape index (κ2) is 16.1. The second-order valence-electron chi connectivity index (χ2n) is 9.75. The van der Waals surface area contributed by atoms with Gasteiger partial charge in [-0.15, -0.1) is 0 Å². The van der Waals surface area contributed by atoms with Crippen molar-refractivity contribution in [3.05, 3.63) is 105 Å². The number of aliphatic hydroxyl groups is 1. The molecule has 2 aromatic carbocycles. The van der Waals surface area contributed by atoms with Crippen LogP contribution in [0.4, 0.5) is 0 Å². The smallest absolute Gasteiger partial charge is 0.337 e. The summed E-state index contributed by atoms with van der Waals surface area (Å²) >= 11 is 6.05. The fraction of sp³-hybridized carbons (Fsp3) is 0.310. The van der Waals surface area contributed by atoms with Crippen LogP contribution in [0, 0.1) is 5.21 Å². The number of sulfonamides is 1. The van der Waals surface area contributed by atoms with Crippen LogP contribution in [0.5, 0.6) is 0 Å². The van der Waals surface area contributed by atoms with Gasteiger partial charge in [0.05, 0.1) is 25.0 Å². The lowest BCUT2D eigenvalue weighted by Crippen LogP contribution is -2.55. The molecule has 44 heavy (non-hydrogen) atoms. The Morgan fingerprint density at radius 1 is 1.05 bits per heavy atom. The first-order chi connectivity index (χ1) is 21.0. The van der Waals surface area contributed by atoms with Gasteiger partial charge < -0.3 is 31.4 Å². The van der Waals surface area contributed by atoms with Gasteiger partial charge in [0.2, 0.25) is 21.8 Å². The number of carbonyl (C=O) groups is 3. The Hall–Kier alpha value is -4.08. The van der Waals surface area contributed by atoms with E-state index in [0.29, 0.717) is 20.9 Å². The van der Waals surface area contributed by atoms with Crippen molar-refractivity contribution >= 4 is 39.4 Å². The summed E-state index contributed by atoms with van der Waals surface area (Å²) in [5.41, 5.74) is 7.99. The molecule has 0 radical (unpaired) electrons. The van der Waals surface area contributed by atoms with Gasteiger partial charge >= 0.3 is 5.97 Å². The second-order valence-corrected chi connectivity index (χ2v) is 11.9. The number of nitrogens with zero attached hydrogens (tertiary/aromatic N) is 1. The predicted octanol–water partition coefficient (Wildman–Crippen LogP) is 0.433. The van der Waals surface area contributed by atoms with Crippen molar-refractivity contribution in [1.82, 2.24) is 15.4 Å². The summed E-state index contributed by atoms with van der Waals surface area (Å²) in [7, 11) is -2.93. The number of aryl methyl sites for hydroxylation is 1. The number of rotatable bonds is 15. The Balaban J connectivity index is 1.74. The number of hydrogen-bond acceptors (Lipinski definition) is 9. The van der Waals surface area contributed by atoms with Gasteiger partial charge in [-0.25, -0.2) is 17.9 Å². The van der Waals surface area contributed by atoms with Crippen LogP contribution in [0.3, 0.4) is 0 Å². The summed E-state index contributed by atoms with van der Waals surface area (Å²) in [5.74, 6) is -2.72. The summed E-state index contributed by atoms with van der Waals surface area (Å²) in [4.78, 5) is 37.9. The highest BCUT2D eigenvalue weighted by Gasteiger charge is 2.29. The minimum Gasteiger partial charge on any atom is -0.619 e. The van der Waals surface area contributed by atoms with Crippen molar-refractivity contribution < 1.29 is 37.4 Å². The number of aromatic nitrogens is 1. The van der Waals surface area contributed by atoms with E-state index < -0.39 is 52.3 Å². The molecule has 1 aromatic heterocycles. The monoisotopic (exact) mass is 647 g/mol. The van der Waals surface area contributed by atoms with Gasteiger partial charge in [-0.1, -0.05) is 35.9 Å². The van der Waals surface area contributed by atoms with Crippen LogP contribution in [0.15, 0.2) is 66.9 Å². The quantitative estimate of drug-likeness (QED) is 0.0880. The summed E-state index contributed by atoms with van der Waals surface area (Å²) in [6.07, 6.45) is 1.15. The van der Waals surface area contributed by atoms with Gasteiger partial charge in [-0.2, -0.15) is 4.73 Å². The maximum Gasteiger partial charge on any atom is 0.337 e. The van der Waals surface area contributed by atoms with Crippen LogP contribution in [0.25, 0.3) is 0 Å². The van der Waals surface area contributed by atoms with Crippen LogP contribution in [-0.4, -0.2) is 57.1 Å². The molecule has 0 aliphatic rings. The number of halogens is 1. The third-order valence-electron chi connectivity index (χ3n) is 6.62. The number of ether oxygens (including phenoxy) is 1. The number of pyridine rings is 1. The Kier molecular flexibility index (Phi) is 12.6. The van der Waals surface area contributed by atoms with E-state index in [1.807, 2.05) is 0 Å². The molecule has 0 saturated heterocycles. The maximum atomic E-state index is 13.3. The lowest BCUT2D eigenvalue weighted by atomic mass is 10.1. The molecule has 3 rings (SSSR count). The molecule has 0 bridgehead atoms. The molecule has 1 unspecified atom stereocenters. The van der Waals surface area contributed by atoms with E-state index in [4.69, 9.17) is 17.3 Å². The summed E-state index contributed by atoms with van der Waals surface area (Å²) in [6.45, 7) is -0.562. The molecule has 236 valence electrons. The molecule has 0 aliphatic carbocycles. The summed E-state index contributed by atoms with van der Waals surface area (Å²) in [5, 5.41) is 27.5. The molecular formula is C29H34ClN5O8S. The fourth-order valence-corrected chi connectivity index (χ4v) is 5.82. The molecule has 13 nitrogen and oxygen atoms in total. The fourth-order valence-electron chi connectivity index (χ4n) is 4.26. The molecule has 0 fully saturated rings. The van der Waals surface area contributed by atoms with Crippen LogP contribution >= 0.6 is 11.6 Å². The summed E-state index contributed by atoms with van der Waals surface area (Å²) < 4.78 is 33.8. The van der Waals surface area contributed by atoms with E-state index >= 15 is 0 Å². The van der Waals surface area contributed by atoms with E-state index in [1.165, 1.54) is 49.7 Å². The van der Waals surface area contributed by atoms with Gasteiger partial charge in [0.25, 0.3) is 0 Å². The number of amides is 2. The minimum atomic E-state index is -4.15. The molecule has 15 heteroatoms. The van der Waals surface area contributed by atoms with Gasteiger partial charge in [0.1, 0.15) is 12.1 Å². The maximum absolute atomic E-state index is 13.3. The zero-order chi connectivity index (χ0) is 32.3. The number of aliphatic hydroxyl groups excluding tert-OH is 1. The normalized spacial score (nSPS) is 12.6. The zero-order valence-electron chi connectivity index (χ0n) is 23.9. The average molecular weight is 648 g/mol. The first-order valence-corrected chi connectivity index (χ1v) is 15.5. The van der Waals surface area contributed by atoms with Crippen molar-refractivity contribution in [2.24, 2.45) is 5.73 Å². The average Bonchev–Trinajstić information content (AvgIpc) is 3.01. The summed E-state index contributed by atoms with van der Waals surface area (Å²) in [6, 6.07) is 12.6. The Bertz CT molecular complexity index is 1570. The third-order valence-corrected chi connectivity index (χ3v) is 8.21.